The van der Waals surface area contributed by atoms with Crippen molar-refractivity contribution in [3.63, 3.8) is 0 Å². The summed E-state index contributed by atoms with van der Waals surface area (Å²) < 4.78 is 16.5. The average molecular weight is 419 g/mol. The molecule has 0 spiro atoms. The standard InChI is InChI=1S/C21H23ClN2O5/c1-3-8-28-18-6-4-13(11-19(18)27-2)20(25)23-24-21(26)15-9-14-10-16(22)5-7-17(14)29-12-15/h4-7,10-11,15H,3,8-9,12H2,1-2H3,(H,23,25)(H,24,26)/t15-/m0/s1. The van der Waals surface area contributed by atoms with Gasteiger partial charge in [-0.25, -0.2) is 0 Å². The van der Waals surface area contributed by atoms with Crippen molar-refractivity contribution in [3.8, 4) is 17.2 Å². The van der Waals surface area contributed by atoms with Gasteiger partial charge in [-0.05, 0) is 54.8 Å². The molecule has 1 aliphatic rings. The summed E-state index contributed by atoms with van der Waals surface area (Å²) in [5.74, 6) is 0.511. The minimum absolute atomic E-state index is 0.230. The van der Waals surface area contributed by atoms with Gasteiger partial charge in [-0.3, -0.25) is 20.4 Å². The van der Waals surface area contributed by atoms with E-state index in [9.17, 15) is 9.59 Å². The summed E-state index contributed by atoms with van der Waals surface area (Å²) in [4.78, 5) is 24.8. The number of fused-ring (bicyclic) bond motifs is 1. The summed E-state index contributed by atoms with van der Waals surface area (Å²) in [6.07, 6.45) is 1.34. The number of nitrogens with one attached hydrogen (secondary N) is 2. The molecular weight excluding hydrogens is 396 g/mol. The second-order valence-corrected chi connectivity index (χ2v) is 7.06. The van der Waals surface area contributed by atoms with E-state index in [0.29, 0.717) is 35.1 Å². The van der Waals surface area contributed by atoms with Crippen molar-refractivity contribution in [1.29, 1.82) is 0 Å². The molecule has 1 heterocycles. The molecule has 2 aromatic rings. The number of benzene rings is 2. The molecule has 29 heavy (non-hydrogen) atoms. The molecule has 2 N–H and O–H groups in total. The van der Waals surface area contributed by atoms with Crippen molar-refractivity contribution < 1.29 is 23.8 Å². The van der Waals surface area contributed by atoms with Gasteiger partial charge >= 0.3 is 0 Å². The number of carbonyl (C=O) groups is 2. The molecule has 8 heteroatoms. The topological polar surface area (TPSA) is 85.9 Å². The fourth-order valence-electron chi connectivity index (χ4n) is 2.96. The Bertz CT molecular complexity index is 903. The molecular formula is C21H23ClN2O5. The van der Waals surface area contributed by atoms with Crippen LogP contribution in [-0.2, 0) is 11.2 Å². The Morgan fingerprint density at radius 2 is 2.00 bits per heavy atom. The van der Waals surface area contributed by atoms with E-state index in [2.05, 4.69) is 10.9 Å². The summed E-state index contributed by atoms with van der Waals surface area (Å²) in [7, 11) is 1.50. The first-order valence-electron chi connectivity index (χ1n) is 9.34. The highest BCUT2D eigenvalue weighted by Gasteiger charge is 2.26. The highest BCUT2D eigenvalue weighted by atomic mass is 35.5. The van der Waals surface area contributed by atoms with Gasteiger partial charge in [0.2, 0.25) is 5.91 Å². The molecule has 7 nitrogen and oxygen atoms in total. The number of rotatable bonds is 6. The van der Waals surface area contributed by atoms with E-state index in [0.717, 1.165) is 17.7 Å². The lowest BCUT2D eigenvalue weighted by molar-refractivity contribution is -0.127. The fraction of sp³-hybridized carbons (Fsp3) is 0.333. The third kappa shape index (κ3) is 5.12. The second kappa shape index (κ2) is 9.52. The molecule has 0 unspecified atom stereocenters. The van der Waals surface area contributed by atoms with Gasteiger partial charge in [-0.2, -0.15) is 0 Å². The zero-order chi connectivity index (χ0) is 20.8. The van der Waals surface area contributed by atoms with Crippen LogP contribution in [0.15, 0.2) is 36.4 Å². The summed E-state index contributed by atoms with van der Waals surface area (Å²) in [5, 5.41) is 0.585. The number of halogens is 1. The average Bonchev–Trinajstić information content (AvgIpc) is 2.75. The minimum Gasteiger partial charge on any atom is -0.493 e. The lowest BCUT2D eigenvalue weighted by atomic mass is 9.96. The number of hydrogen-bond acceptors (Lipinski definition) is 5. The number of amides is 2. The predicted molar refractivity (Wildman–Crippen MR) is 109 cm³/mol. The summed E-state index contributed by atoms with van der Waals surface area (Å²) in [6, 6.07) is 10.2. The van der Waals surface area contributed by atoms with Crippen molar-refractivity contribution in [1.82, 2.24) is 10.9 Å². The van der Waals surface area contributed by atoms with Crippen LogP contribution >= 0.6 is 11.6 Å². The zero-order valence-corrected chi connectivity index (χ0v) is 17.0. The lowest BCUT2D eigenvalue weighted by Gasteiger charge is -2.24. The van der Waals surface area contributed by atoms with Gasteiger partial charge in [0.25, 0.3) is 5.91 Å². The van der Waals surface area contributed by atoms with E-state index in [1.54, 1.807) is 36.4 Å². The predicted octanol–water partition coefficient (Wildman–Crippen LogP) is 3.15. The van der Waals surface area contributed by atoms with E-state index >= 15 is 0 Å². The monoisotopic (exact) mass is 418 g/mol. The summed E-state index contributed by atoms with van der Waals surface area (Å²) in [5.41, 5.74) is 6.09. The van der Waals surface area contributed by atoms with Gasteiger partial charge in [0.05, 0.1) is 19.6 Å². The van der Waals surface area contributed by atoms with E-state index < -0.39 is 11.8 Å². The van der Waals surface area contributed by atoms with Crippen molar-refractivity contribution >= 4 is 23.4 Å². The van der Waals surface area contributed by atoms with E-state index in [1.807, 2.05) is 6.92 Å². The van der Waals surface area contributed by atoms with Crippen LogP contribution in [0, 0.1) is 5.92 Å². The molecule has 0 saturated heterocycles. The smallest absolute Gasteiger partial charge is 0.269 e. The second-order valence-electron chi connectivity index (χ2n) is 6.62. The van der Waals surface area contributed by atoms with Crippen LogP contribution in [0.1, 0.15) is 29.3 Å². The normalized spacial score (nSPS) is 14.9. The van der Waals surface area contributed by atoms with Crippen LogP contribution in [0.5, 0.6) is 17.2 Å². The molecule has 0 saturated carbocycles. The van der Waals surface area contributed by atoms with Crippen molar-refractivity contribution in [2.45, 2.75) is 19.8 Å². The molecule has 3 rings (SSSR count). The van der Waals surface area contributed by atoms with Crippen LogP contribution in [-0.4, -0.2) is 32.1 Å². The molecule has 0 radical (unpaired) electrons. The van der Waals surface area contributed by atoms with Crippen LogP contribution < -0.4 is 25.1 Å². The minimum atomic E-state index is -0.459. The molecule has 0 aromatic heterocycles. The summed E-state index contributed by atoms with van der Waals surface area (Å²) in [6.45, 7) is 2.78. The quantitative estimate of drug-likeness (QED) is 0.704. The Hall–Kier alpha value is -2.93. The first-order valence-corrected chi connectivity index (χ1v) is 9.72. The summed E-state index contributed by atoms with van der Waals surface area (Å²) >= 11 is 6.01. The van der Waals surface area contributed by atoms with E-state index in [-0.39, 0.29) is 12.5 Å². The fourth-order valence-corrected chi connectivity index (χ4v) is 3.16. The van der Waals surface area contributed by atoms with Crippen LogP contribution in [0.2, 0.25) is 5.02 Å². The Morgan fingerprint density at radius 3 is 2.76 bits per heavy atom. The maximum atomic E-state index is 12.4. The van der Waals surface area contributed by atoms with Crippen molar-refractivity contribution in [3.05, 3.63) is 52.5 Å². The van der Waals surface area contributed by atoms with Gasteiger partial charge in [0, 0.05) is 10.6 Å². The molecule has 0 aliphatic carbocycles. The number of carbonyl (C=O) groups excluding carboxylic acids is 2. The molecule has 2 aromatic carbocycles. The Kier molecular flexibility index (Phi) is 6.82. The number of methoxy groups -OCH3 is 1. The zero-order valence-electron chi connectivity index (χ0n) is 16.3. The van der Waals surface area contributed by atoms with Crippen molar-refractivity contribution in [2.24, 2.45) is 5.92 Å². The molecule has 154 valence electrons. The first kappa shape index (κ1) is 20.8. The number of hydrogen-bond donors (Lipinski definition) is 2. The van der Waals surface area contributed by atoms with Gasteiger partial charge in [0.15, 0.2) is 11.5 Å². The van der Waals surface area contributed by atoms with Gasteiger partial charge in [-0.15, -0.1) is 0 Å². The largest absolute Gasteiger partial charge is 0.493 e. The highest BCUT2D eigenvalue weighted by molar-refractivity contribution is 6.30. The first-order chi connectivity index (χ1) is 14.0. The van der Waals surface area contributed by atoms with Crippen LogP contribution in [0.3, 0.4) is 0 Å². The Morgan fingerprint density at radius 1 is 1.17 bits per heavy atom. The Balaban J connectivity index is 1.58. The van der Waals surface area contributed by atoms with E-state index in [4.69, 9.17) is 25.8 Å². The van der Waals surface area contributed by atoms with Crippen LogP contribution in [0.25, 0.3) is 0 Å². The Labute approximate surface area is 174 Å². The molecule has 1 atom stereocenters. The third-order valence-electron chi connectivity index (χ3n) is 4.49. The van der Waals surface area contributed by atoms with Gasteiger partial charge in [-0.1, -0.05) is 18.5 Å². The number of hydrazine groups is 1. The highest BCUT2D eigenvalue weighted by Crippen LogP contribution is 2.30. The maximum Gasteiger partial charge on any atom is 0.269 e. The molecule has 0 fully saturated rings. The SMILES string of the molecule is CCCOc1ccc(C(=O)NNC(=O)[C@@H]2COc3ccc(Cl)cc3C2)cc1OC. The van der Waals surface area contributed by atoms with Crippen molar-refractivity contribution in [2.75, 3.05) is 20.3 Å². The van der Waals surface area contributed by atoms with Gasteiger partial charge in [0.1, 0.15) is 12.4 Å². The maximum absolute atomic E-state index is 12.4. The molecule has 2 amide bonds. The lowest BCUT2D eigenvalue weighted by Crippen LogP contribution is -2.47. The van der Waals surface area contributed by atoms with E-state index in [1.165, 1.54) is 7.11 Å². The third-order valence-corrected chi connectivity index (χ3v) is 4.72. The molecule has 0 bridgehead atoms. The number of ether oxygens (including phenoxy) is 3. The molecule has 1 aliphatic heterocycles. The van der Waals surface area contributed by atoms with Gasteiger partial charge < -0.3 is 14.2 Å². The van der Waals surface area contributed by atoms with Crippen LogP contribution in [0.4, 0.5) is 0 Å².